The van der Waals surface area contributed by atoms with Gasteiger partial charge in [0.1, 0.15) is 11.5 Å². The minimum atomic E-state index is -4.51. The van der Waals surface area contributed by atoms with Gasteiger partial charge >= 0.3 is 7.82 Å². The summed E-state index contributed by atoms with van der Waals surface area (Å²) in [6.07, 6.45) is 3.99. The third-order valence-corrected chi connectivity index (χ3v) is 6.30. The molecule has 1 aliphatic carbocycles. The predicted molar refractivity (Wildman–Crippen MR) is 119 cm³/mol. The molecule has 3 rings (SSSR count). The average Bonchev–Trinajstić information content (AvgIpc) is 3.13. The Bertz CT molecular complexity index is 930. The first-order valence-electron chi connectivity index (χ1n) is 10.5. The van der Waals surface area contributed by atoms with Crippen molar-refractivity contribution in [2.24, 2.45) is 5.73 Å². The van der Waals surface area contributed by atoms with Gasteiger partial charge in [0.25, 0.3) is 0 Å². The number of phosphoric ester groups is 1. The quantitative estimate of drug-likeness (QED) is 0.370. The number of phosphoric acid groups is 1. The van der Waals surface area contributed by atoms with Crippen molar-refractivity contribution in [3.05, 3.63) is 59.2 Å². The molecule has 0 bridgehead atoms. The SMILES string of the molecule is COc1cccc(CCCOc2ccc([C@@H]3CC[C@](N)(COP(=O)(O)O)C3)cc2C)c1. The van der Waals surface area contributed by atoms with Crippen LogP contribution in [-0.4, -0.2) is 35.6 Å². The molecule has 0 unspecified atom stereocenters. The summed E-state index contributed by atoms with van der Waals surface area (Å²) in [7, 11) is -2.84. The van der Waals surface area contributed by atoms with Crippen molar-refractivity contribution in [3.63, 3.8) is 0 Å². The number of rotatable bonds is 10. The van der Waals surface area contributed by atoms with E-state index in [2.05, 4.69) is 22.7 Å². The van der Waals surface area contributed by atoms with Gasteiger partial charge in [-0.3, -0.25) is 4.52 Å². The fraction of sp³-hybridized carbons (Fsp3) is 0.478. The molecule has 2 aromatic rings. The minimum absolute atomic E-state index is 0.138. The van der Waals surface area contributed by atoms with Crippen molar-refractivity contribution < 1.29 is 28.3 Å². The van der Waals surface area contributed by atoms with E-state index in [0.29, 0.717) is 19.4 Å². The van der Waals surface area contributed by atoms with Gasteiger partial charge in [0, 0.05) is 5.54 Å². The summed E-state index contributed by atoms with van der Waals surface area (Å²) in [4.78, 5) is 17.9. The molecule has 0 amide bonds. The van der Waals surface area contributed by atoms with Crippen LogP contribution in [-0.2, 0) is 15.5 Å². The van der Waals surface area contributed by atoms with Crippen molar-refractivity contribution in [1.82, 2.24) is 0 Å². The van der Waals surface area contributed by atoms with Crippen LogP contribution < -0.4 is 15.2 Å². The van der Waals surface area contributed by atoms with Crippen LogP contribution in [0.2, 0.25) is 0 Å². The smallest absolute Gasteiger partial charge is 0.469 e. The van der Waals surface area contributed by atoms with E-state index in [1.807, 2.05) is 31.2 Å². The zero-order valence-corrected chi connectivity index (χ0v) is 19.0. The fourth-order valence-electron chi connectivity index (χ4n) is 4.16. The van der Waals surface area contributed by atoms with Gasteiger partial charge in [-0.15, -0.1) is 0 Å². The highest BCUT2D eigenvalue weighted by atomic mass is 31.2. The lowest BCUT2D eigenvalue weighted by Crippen LogP contribution is -2.41. The maximum atomic E-state index is 11.0. The summed E-state index contributed by atoms with van der Waals surface area (Å²) < 4.78 is 26.9. The molecule has 1 fully saturated rings. The van der Waals surface area contributed by atoms with Crippen molar-refractivity contribution in [2.75, 3.05) is 20.3 Å². The first-order valence-corrected chi connectivity index (χ1v) is 12.1. The van der Waals surface area contributed by atoms with Crippen LogP contribution in [0.4, 0.5) is 0 Å². The molecular weight excluding hydrogens is 417 g/mol. The Labute approximate surface area is 183 Å². The third kappa shape index (κ3) is 7.06. The van der Waals surface area contributed by atoms with Crippen molar-refractivity contribution in [3.8, 4) is 11.5 Å². The van der Waals surface area contributed by atoms with Crippen LogP contribution in [0, 0.1) is 6.92 Å². The lowest BCUT2D eigenvalue weighted by molar-refractivity contribution is 0.153. The molecule has 170 valence electrons. The zero-order valence-electron chi connectivity index (χ0n) is 18.1. The van der Waals surface area contributed by atoms with E-state index in [9.17, 15) is 4.57 Å². The first kappa shape index (κ1) is 23.8. The number of nitrogens with two attached hydrogens (primary N) is 1. The summed E-state index contributed by atoms with van der Waals surface area (Å²) >= 11 is 0. The van der Waals surface area contributed by atoms with Crippen LogP contribution in [0.3, 0.4) is 0 Å². The van der Waals surface area contributed by atoms with E-state index in [1.54, 1.807) is 7.11 Å². The molecule has 0 radical (unpaired) electrons. The molecule has 0 aromatic heterocycles. The maximum absolute atomic E-state index is 11.0. The second kappa shape index (κ2) is 10.2. The Morgan fingerprint density at radius 3 is 2.74 bits per heavy atom. The molecule has 31 heavy (non-hydrogen) atoms. The maximum Gasteiger partial charge on any atom is 0.469 e. The van der Waals surface area contributed by atoms with Crippen LogP contribution in [0.5, 0.6) is 11.5 Å². The molecule has 1 saturated carbocycles. The van der Waals surface area contributed by atoms with E-state index in [1.165, 1.54) is 11.1 Å². The molecule has 2 atom stereocenters. The van der Waals surface area contributed by atoms with Crippen LogP contribution in [0.1, 0.15) is 48.3 Å². The Kier molecular flexibility index (Phi) is 7.78. The van der Waals surface area contributed by atoms with Crippen LogP contribution in [0.15, 0.2) is 42.5 Å². The van der Waals surface area contributed by atoms with Gasteiger partial charge < -0.3 is 25.0 Å². The van der Waals surface area contributed by atoms with Gasteiger partial charge in [0.15, 0.2) is 0 Å². The number of methoxy groups -OCH3 is 1. The lowest BCUT2D eigenvalue weighted by Gasteiger charge is -2.24. The molecule has 7 nitrogen and oxygen atoms in total. The topological polar surface area (TPSA) is 111 Å². The summed E-state index contributed by atoms with van der Waals surface area (Å²) in [6, 6.07) is 14.3. The van der Waals surface area contributed by atoms with Gasteiger partial charge in [0.05, 0.1) is 20.3 Å². The fourth-order valence-corrected chi connectivity index (χ4v) is 4.58. The van der Waals surface area contributed by atoms with Crippen molar-refractivity contribution in [2.45, 2.75) is 50.5 Å². The van der Waals surface area contributed by atoms with Gasteiger partial charge in [-0.25, -0.2) is 4.57 Å². The monoisotopic (exact) mass is 449 g/mol. The molecule has 1 aliphatic rings. The molecule has 0 aliphatic heterocycles. The standard InChI is InChI=1S/C23H32NO6P/c1-17-13-19(20-10-11-23(24,15-20)16-30-31(25,26)27)8-9-22(17)29-12-4-6-18-5-3-7-21(14-18)28-2/h3,5,7-9,13-14,20H,4,6,10-12,15-16,24H2,1-2H3,(H2,25,26,27)/t20-,23-/m1/s1. The van der Waals surface area contributed by atoms with E-state index in [-0.39, 0.29) is 12.5 Å². The summed E-state index contributed by atoms with van der Waals surface area (Å²) in [5.74, 6) is 1.98. The lowest BCUT2D eigenvalue weighted by atomic mass is 9.92. The van der Waals surface area contributed by atoms with Gasteiger partial charge in [-0.1, -0.05) is 24.3 Å². The molecule has 0 heterocycles. The zero-order chi connectivity index (χ0) is 22.5. The van der Waals surface area contributed by atoms with Crippen LogP contribution in [0.25, 0.3) is 0 Å². The number of aryl methyl sites for hydroxylation is 2. The van der Waals surface area contributed by atoms with E-state index >= 15 is 0 Å². The Morgan fingerprint density at radius 1 is 1.23 bits per heavy atom. The van der Waals surface area contributed by atoms with Gasteiger partial charge in [-0.2, -0.15) is 0 Å². The third-order valence-electron chi connectivity index (χ3n) is 5.84. The molecular formula is C23H32NO6P. The molecule has 2 aromatic carbocycles. The highest BCUT2D eigenvalue weighted by Gasteiger charge is 2.38. The largest absolute Gasteiger partial charge is 0.497 e. The summed E-state index contributed by atoms with van der Waals surface area (Å²) in [5, 5.41) is 0. The number of hydrogen-bond acceptors (Lipinski definition) is 5. The molecule has 0 saturated heterocycles. The Hall–Kier alpha value is -1.89. The first-order chi connectivity index (χ1) is 14.7. The average molecular weight is 449 g/mol. The van der Waals surface area contributed by atoms with Gasteiger partial charge in [-0.05, 0) is 79.8 Å². The molecule has 8 heteroatoms. The second-order valence-electron chi connectivity index (χ2n) is 8.39. The van der Waals surface area contributed by atoms with Crippen molar-refractivity contribution >= 4 is 7.82 Å². The predicted octanol–water partition coefficient (Wildman–Crippen LogP) is 4.09. The summed E-state index contributed by atoms with van der Waals surface area (Å²) in [5.41, 5.74) is 9.06. The number of ether oxygens (including phenoxy) is 2. The normalized spacial score (nSPS) is 21.3. The van der Waals surface area contributed by atoms with E-state index in [4.69, 9.17) is 25.0 Å². The number of benzene rings is 2. The highest BCUT2D eigenvalue weighted by Crippen LogP contribution is 2.44. The Balaban J connectivity index is 1.50. The minimum Gasteiger partial charge on any atom is -0.497 e. The number of hydrogen-bond donors (Lipinski definition) is 3. The molecule has 4 N–H and O–H groups in total. The van der Waals surface area contributed by atoms with Crippen molar-refractivity contribution in [1.29, 1.82) is 0 Å². The highest BCUT2D eigenvalue weighted by molar-refractivity contribution is 7.46. The van der Waals surface area contributed by atoms with E-state index in [0.717, 1.165) is 36.3 Å². The second-order valence-corrected chi connectivity index (χ2v) is 9.63. The van der Waals surface area contributed by atoms with Crippen LogP contribution >= 0.6 is 7.82 Å². The van der Waals surface area contributed by atoms with Gasteiger partial charge in [0.2, 0.25) is 0 Å². The molecule has 0 spiro atoms. The van der Waals surface area contributed by atoms with E-state index < -0.39 is 13.4 Å². The summed E-state index contributed by atoms with van der Waals surface area (Å²) in [6.45, 7) is 2.52. The Morgan fingerprint density at radius 2 is 2.03 bits per heavy atom.